The molecule has 1 saturated heterocycles. The summed E-state index contributed by atoms with van der Waals surface area (Å²) in [5.74, 6) is -1.60. The Morgan fingerprint density at radius 1 is 1.09 bits per heavy atom. The SMILES string of the molecule is COc1cc(/C(O)=C2\C(=O)C(=O)N(c3nc4ccccc4s3)C2c2cccnc2)c(OC)cc1Cl. The number of aliphatic hydroxyl groups excluding tert-OH is 1. The normalized spacial score (nSPS) is 17.2. The van der Waals surface area contributed by atoms with E-state index in [9.17, 15) is 14.7 Å². The summed E-state index contributed by atoms with van der Waals surface area (Å²) in [5.41, 5.74) is 1.27. The molecular formula is C25H18ClN3O5S. The van der Waals surface area contributed by atoms with Crippen molar-refractivity contribution in [3.63, 3.8) is 0 Å². The van der Waals surface area contributed by atoms with Gasteiger partial charge in [-0.3, -0.25) is 19.5 Å². The van der Waals surface area contributed by atoms with Gasteiger partial charge in [0.15, 0.2) is 5.13 Å². The van der Waals surface area contributed by atoms with Gasteiger partial charge in [-0.2, -0.15) is 0 Å². The summed E-state index contributed by atoms with van der Waals surface area (Å²) in [6, 6.07) is 12.8. The lowest BCUT2D eigenvalue weighted by molar-refractivity contribution is -0.132. The number of carbonyl (C=O) groups excluding carboxylic acids is 2. The molecule has 1 N–H and O–H groups in total. The number of anilines is 1. The zero-order valence-corrected chi connectivity index (χ0v) is 20.1. The van der Waals surface area contributed by atoms with E-state index in [1.54, 1.807) is 24.5 Å². The third-order valence-electron chi connectivity index (χ3n) is 5.66. The number of ether oxygens (including phenoxy) is 2. The van der Waals surface area contributed by atoms with Gasteiger partial charge in [0, 0.05) is 18.5 Å². The smallest absolute Gasteiger partial charge is 0.301 e. The van der Waals surface area contributed by atoms with Gasteiger partial charge in [-0.1, -0.05) is 41.1 Å². The number of carbonyl (C=O) groups is 2. The lowest BCUT2D eigenvalue weighted by Gasteiger charge is -2.23. The van der Waals surface area contributed by atoms with E-state index in [0.717, 1.165) is 4.70 Å². The first kappa shape index (κ1) is 22.8. The molecule has 176 valence electrons. The maximum Gasteiger partial charge on any atom is 0.301 e. The second-order valence-electron chi connectivity index (χ2n) is 7.61. The van der Waals surface area contributed by atoms with Gasteiger partial charge in [0.25, 0.3) is 5.78 Å². The number of pyridine rings is 1. The quantitative estimate of drug-likeness (QED) is 0.231. The summed E-state index contributed by atoms with van der Waals surface area (Å²) in [7, 11) is 2.84. The molecule has 0 aliphatic carbocycles. The van der Waals surface area contributed by atoms with Crippen LogP contribution in [0.1, 0.15) is 17.2 Å². The van der Waals surface area contributed by atoms with Gasteiger partial charge < -0.3 is 14.6 Å². The molecule has 1 unspecified atom stereocenters. The predicted octanol–water partition coefficient (Wildman–Crippen LogP) is 4.99. The van der Waals surface area contributed by atoms with Crippen LogP contribution in [-0.2, 0) is 9.59 Å². The molecule has 1 fully saturated rings. The number of benzene rings is 2. The minimum Gasteiger partial charge on any atom is -0.507 e. The summed E-state index contributed by atoms with van der Waals surface area (Å²) in [6.45, 7) is 0. The summed E-state index contributed by atoms with van der Waals surface area (Å²) in [5, 5.41) is 12.0. The van der Waals surface area contributed by atoms with Crippen molar-refractivity contribution in [3.8, 4) is 11.5 Å². The van der Waals surface area contributed by atoms with E-state index in [4.69, 9.17) is 21.1 Å². The number of fused-ring (bicyclic) bond motifs is 1. The number of nitrogens with zero attached hydrogens (tertiary/aromatic N) is 3. The van der Waals surface area contributed by atoms with Crippen LogP contribution in [-0.4, -0.2) is 41.0 Å². The number of thiazole rings is 1. The highest BCUT2D eigenvalue weighted by atomic mass is 35.5. The van der Waals surface area contributed by atoms with E-state index in [1.807, 2.05) is 24.3 Å². The highest BCUT2D eigenvalue weighted by molar-refractivity contribution is 7.22. The topological polar surface area (TPSA) is 102 Å². The Morgan fingerprint density at radius 3 is 2.54 bits per heavy atom. The fourth-order valence-electron chi connectivity index (χ4n) is 4.04. The molecule has 0 radical (unpaired) electrons. The molecule has 3 heterocycles. The van der Waals surface area contributed by atoms with Crippen molar-refractivity contribution in [3.05, 3.63) is 82.6 Å². The van der Waals surface area contributed by atoms with Crippen LogP contribution in [0, 0.1) is 0 Å². The summed E-state index contributed by atoms with van der Waals surface area (Å²) in [4.78, 5) is 36.8. The van der Waals surface area contributed by atoms with Crippen molar-refractivity contribution in [2.24, 2.45) is 0 Å². The molecule has 2 aromatic carbocycles. The highest BCUT2D eigenvalue weighted by Gasteiger charge is 2.48. The van der Waals surface area contributed by atoms with Crippen LogP contribution < -0.4 is 14.4 Å². The first-order chi connectivity index (χ1) is 16.9. The first-order valence-electron chi connectivity index (χ1n) is 10.4. The number of aliphatic hydroxyl groups is 1. The summed E-state index contributed by atoms with van der Waals surface area (Å²) >= 11 is 7.49. The fraction of sp³-hybridized carbons (Fsp3) is 0.120. The van der Waals surface area contributed by atoms with E-state index in [2.05, 4.69) is 9.97 Å². The number of rotatable bonds is 5. The lowest BCUT2D eigenvalue weighted by Crippen LogP contribution is -2.29. The molecule has 1 atom stereocenters. The maximum atomic E-state index is 13.4. The molecule has 0 saturated carbocycles. The molecule has 35 heavy (non-hydrogen) atoms. The molecule has 0 bridgehead atoms. The molecule has 0 spiro atoms. The Bertz CT molecular complexity index is 1470. The van der Waals surface area contributed by atoms with Crippen molar-refractivity contribution in [2.75, 3.05) is 19.1 Å². The Hall–Kier alpha value is -3.95. The number of hydrogen-bond acceptors (Lipinski definition) is 8. The van der Waals surface area contributed by atoms with Gasteiger partial charge in [-0.15, -0.1) is 0 Å². The Labute approximate surface area is 209 Å². The van der Waals surface area contributed by atoms with Crippen LogP contribution in [0.5, 0.6) is 11.5 Å². The fourth-order valence-corrected chi connectivity index (χ4v) is 5.26. The number of hydrogen-bond donors (Lipinski definition) is 1. The van der Waals surface area contributed by atoms with E-state index >= 15 is 0 Å². The zero-order valence-electron chi connectivity index (χ0n) is 18.6. The van der Waals surface area contributed by atoms with Gasteiger partial charge in [0.05, 0.1) is 46.6 Å². The summed E-state index contributed by atoms with van der Waals surface area (Å²) in [6.07, 6.45) is 3.13. The van der Waals surface area contributed by atoms with Gasteiger partial charge >= 0.3 is 5.91 Å². The summed E-state index contributed by atoms with van der Waals surface area (Å²) < 4.78 is 11.5. The van der Waals surface area contributed by atoms with Crippen LogP contribution in [0.3, 0.4) is 0 Å². The zero-order chi connectivity index (χ0) is 24.7. The van der Waals surface area contributed by atoms with Crippen molar-refractivity contribution in [2.45, 2.75) is 6.04 Å². The van der Waals surface area contributed by atoms with Gasteiger partial charge in [0.2, 0.25) is 0 Å². The average molecular weight is 508 g/mol. The predicted molar refractivity (Wildman–Crippen MR) is 133 cm³/mol. The molecular weight excluding hydrogens is 490 g/mol. The van der Waals surface area contributed by atoms with Crippen LogP contribution in [0.25, 0.3) is 16.0 Å². The van der Waals surface area contributed by atoms with Crippen LogP contribution in [0.2, 0.25) is 5.02 Å². The molecule has 1 aliphatic heterocycles. The van der Waals surface area contributed by atoms with Crippen molar-refractivity contribution < 1.29 is 24.2 Å². The van der Waals surface area contributed by atoms with Crippen LogP contribution >= 0.6 is 22.9 Å². The van der Waals surface area contributed by atoms with E-state index in [-0.39, 0.29) is 27.7 Å². The monoisotopic (exact) mass is 507 g/mol. The maximum absolute atomic E-state index is 13.4. The third-order valence-corrected chi connectivity index (χ3v) is 6.99. The highest BCUT2D eigenvalue weighted by Crippen LogP contribution is 2.46. The molecule has 8 nitrogen and oxygen atoms in total. The number of aromatic nitrogens is 2. The van der Waals surface area contributed by atoms with E-state index < -0.39 is 23.5 Å². The van der Waals surface area contributed by atoms with Crippen molar-refractivity contribution in [1.82, 2.24) is 9.97 Å². The van der Waals surface area contributed by atoms with Gasteiger partial charge in [0.1, 0.15) is 17.3 Å². The third kappa shape index (κ3) is 3.78. The molecule has 5 rings (SSSR count). The van der Waals surface area contributed by atoms with Crippen LogP contribution in [0.4, 0.5) is 5.13 Å². The minimum atomic E-state index is -0.962. The average Bonchev–Trinajstić information content (AvgIpc) is 3.42. The van der Waals surface area contributed by atoms with E-state index in [0.29, 0.717) is 16.2 Å². The van der Waals surface area contributed by atoms with Crippen molar-refractivity contribution >= 4 is 55.7 Å². The number of Topliss-reactive ketones (excluding diaryl/α,β-unsaturated/α-hetero) is 1. The standard InChI is InChI=1S/C25H18ClN3O5S/c1-33-17-11-15(26)18(34-2)10-14(17)22(30)20-21(13-6-5-9-27-12-13)29(24(32)23(20)31)25-28-16-7-3-4-8-19(16)35-25/h3-12,21,30H,1-2H3/b22-20+. The van der Waals surface area contributed by atoms with Gasteiger partial charge in [-0.05, 0) is 29.8 Å². The van der Waals surface area contributed by atoms with Gasteiger partial charge in [-0.25, -0.2) is 4.98 Å². The lowest BCUT2D eigenvalue weighted by atomic mass is 9.96. The van der Waals surface area contributed by atoms with Crippen LogP contribution in [0.15, 0.2) is 66.5 Å². The van der Waals surface area contributed by atoms with E-state index in [1.165, 1.54) is 42.6 Å². The number of amides is 1. The number of halogens is 1. The Balaban J connectivity index is 1.76. The number of methoxy groups -OCH3 is 2. The largest absolute Gasteiger partial charge is 0.507 e. The molecule has 2 aromatic heterocycles. The van der Waals surface area contributed by atoms with Crippen molar-refractivity contribution in [1.29, 1.82) is 0 Å². The Kier molecular flexibility index (Phi) is 5.88. The second kappa shape index (κ2) is 9.01. The molecule has 10 heteroatoms. The first-order valence-corrected chi connectivity index (χ1v) is 11.6. The number of para-hydroxylation sites is 1. The molecule has 1 aliphatic rings. The molecule has 4 aromatic rings. The number of ketones is 1. The molecule has 1 amide bonds. The second-order valence-corrected chi connectivity index (χ2v) is 9.02. The minimum absolute atomic E-state index is 0.120. The Morgan fingerprint density at radius 2 is 1.86 bits per heavy atom.